The third-order valence-corrected chi connectivity index (χ3v) is 6.87. The van der Waals surface area contributed by atoms with Gasteiger partial charge in [-0.05, 0) is 35.9 Å². The molecule has 3 aliphatic rings. The van der Waals surface area contributed by atoms with Crippen molar-refractivity contribution >= 4 is 27.7 Å². The van der Waals surface area contributed by atoms with Crippen molar-refractivity contribution in [1.82, 2.24) is 20.3 Å². The van der Waals surface area contributed by atoms with E-state index in [-0.39, 0.29) is 43.5 Å². The Kier molecular flexibility index (Phi) is 8.45. The number of methoxy groups -OCH3 is 2. The normalized spacial score (nSPS) is 19.6. The maximum Gasteiger partial charge on any atom is 0.258 e. The summed E-state index contributed by atoms with van der Waals surface area (Å²) in [5.41, 5.74) is 0.982. The quantitative estimate of drug-likeness (QED) is 0.442. The lowest BCUT2D eigenvalue weighted by molar-refractivity contribution is -0.129. The van der Waals surface area contributed by atoms with Gasteiger partial charge in [-0.1, -0.05) is 6.07 Å². The summed E-state index contributed by atoms with van der Waals surface area (Å²) < 4.78 is 47.8. The first kappa shape index (κ1) is 28.0. The molecule has 3 heterocycles. The highest BCUT2D eigenvalue weighted by Gasteiger charge is 2.38. The molecule has 3 N–H and O–H groups in total. The summed E-state index contributed by atoms with van der Waals surface area (Å²) in [6.45, 7) is -0.345. The van der Waals surface area contributed by atoms with Crippen LogP contribution in [0.1, 0.15) is 15.9 Å². The SMILES string of the molecule is COc1ccc2cc1OCC(=O)NCc1ccc(c(OC)c1)O[C@H]1CN(C(=O)CNS(C)(=O)=O)C[C@@H]1NC2=O. The van der Waals surface area contributed by atoms with Crippen LogP contribution in [0.2, 0.25) is 0 Å². The molecule has 39 heavy (non-hydrogen) atoms. The second-order valence-corrected chi connectivity index (χ2v) is 10.9. The average molecular weight is 563 g/mol. The molecule has 210 valence electrons. The van der Waals surface area contributed by atoms with Crippen LogP contribution in [0, 0.1) is 0 Å². The van der Waals surface area contributed by atoms with Gasteiger partial charge in [0.25, 0.3) is 11.8 Å². The molecule has 2 atom stereocenters. The molecule has 13 nitrogen and oxygen atoms in total. The van der Waals surface area contributed by atoms with Gasteiger partial charge in [-0.3, -0.25) is 14.4 Å². The lowest BCUT2D eigenvalue weighted by Crippen LogP contribution is -2.45. The molecule has 4 bridgehead atoms. The number of rotatable bonds is 5. The Bertz CT molecular complexity index is 1370. The van der Waals surface area contributed by atoms with E-state index in [1.165, 1.54) is 25.2 Å². The van der Waals surface area contributed by atoms with Crippen LogP contribution in [-0.2, 0) is 26.2 Å². The Morgan fingerprint density at radius 3 is 2.56 bits per heavy atom. The van der Waals surface area contributed by atoms with Crippen molar-refractivity contribution in [2.45, 2.75) is 18.7 Å². The van der Waals surface area contributed by atoms with Crippen molar-refractivity contribution in [2.75, 3.05) is 46.7 Å². The highest BCUT2D eigenvalue weighted by atomic mass is 32.2. The molecule has 1 fully saturated rings. The van der Waals surface area contributed by atoms with Crippen molar-refractivity contribution in [3.8, 4) is 23.0 Å². The van der Waals surface area contributed by atoms with Crippen LogP contribution < -0.4 is 34.3 Å². The predicted octanol–water partition coefficient (Wildman–Crippen LogP) is -0.350. The molecule has 0 unspecified atom stereocenters. The highest BCUT2D eigenvalue weighted by molar-refractivity contribution is 7.88. The monoisotopic (exact) mass is 562 g/mol. The number of carbonyl (C=O) groups excluding carboxylic acids is 3. The Morgan fingerprint density at radius 2 is 1.85 bits per heavy atom. The van der Waals surface area contributed by atoms with Gasteiger partial charge in [0.15, 0.2) is 29.6 Å². The number of fused-ring (bicyclic) bond motifs is 7. The second-order valence-electron chi connectivity index (χ2n) is 9.04. The van der Waals surface area contributed by atoms with Gasteiger partial charge >= 0.3 is 0 Å². The van der Waals surface area contributed by atoms with E-state index in [0.29, 0.717) is 17.2 Å². The first-order valence-electron chi connectivity index (χ1n) is 12.0. The van der Waals surface area contributed by atoms with E-state index in [2.05, 4.69) is 15.4 Å². The summed E-state index contributed by atoms with van der Waals surface area (Å²) in [6.07, 6.45) is 0.284. The van der Waals surface area contributed by atoms with E-state index in [4.69, 9.17) is 18.9 Å². The third-order valence-electron chi connectivity index (χ3n) is 6.20. The smallest absolute Gasteiger partial charge is 0.258 e. The number of likely N-dealkylation sites (tertiary alicyclic amines) is 1. The molecule has 5 rings (SSSR count). The maximum atomic E-state index is 13.2. The zero-order valence-electron chi connectivity index (χ0n) is 21.7. The summed E-state index contributed by atoms with van der Waals surface area (Å²) in [5.74, 6) is 0.00619. The van der Waals surface area contributed by atoms with Gasteiger partial charge in [-0.25, -0.2) is 13.1 Å². The first-order chi connectivity index (χ1) is 18.6. The number of nitrogens with zero attached hydrogens (tertiary/aromatic N) is 1. The molecule has 2 aromatic carbocycles. The van der Waals surface area contributed by atoms with Crippen LogP contribution in [0.3, 0.4) is 0 Å². The molecule has 2 aromatic rings. The summed E-state index contributed by atoms with van der Waals surface area (Å²) in [6, 6.07) is 9.05. The zero-order chi connectivity index (χ0) is 28.2. The number of amides is 3. The minimum Gasteiger partial charge on any atom is -0.493 e. The molecule has 0 saturated carbocycles. The first-order valence-corrected chi connectivity index (χ1v) is 13.9. The van der Waals surface area contributed by atoms with Gasteiger partial charge in [0.1, 0.15) is 6.10 Å². The molecule has 0 aliphatic carbocycles. The number of carbonyl (C=O) groups is 3. The number of sulfonamides is 1. The van der Waals surface area contributed by atoms with Gasteiger partial charge in [-0.2, -0.15) is 0 Å². The average Bonchev–Trinajstić information content (AvgIpc) is 3.30. The highest BCUT2D eigenvalue weighted by Crippen LogP contribution is 2.32. The zero-order valence-corrected chi connectivity index (χ0v) is 22.5. The Hall–Kier alpha value is -4.04. The minimum atomic E-state index is -3.57. The number of ether oxygens (including phenoxy) is 4. The van der Waals surface area contributed by atoms with Gasteiger partial charge < -0.3 is 34.5 Å². The number of benzene rings is 2. The van der Waals surface area contributed by atoms with Gasteiger partial charge in [0.05, 0.1) is 39.6 Å². The second kappa shape index (κ2) is 11.8. The standard InChI is InChI=1S/C25H30N4O9S/c1-35-18-7-5-16-9-21(18)37-14-23(30)26-10-15-4-6-19(20(8-15)36-2)38-22-13-29(12-17(22)28-25(16)32)24(31)11-27-39(3,33)34/h4-9,17,22,27H,10-14H2,1-3H3,(H,26,30)(H,28,32)/t17-,22-/m0/s1. The summed E-state index contributed by atoms with van der Waals surface area (Å²) in [4.78, 5) is 39.8. The van der Waals surface area contributed by atoms with E-state index in [1.54, 1.807) is 30.3 Å². The van der Waals surface area contributed by atoms with Crippen molar-refractivity contribution in [3.05, 3.63) is 47.5 Å². The number of hydrogen-bond donors (Lipinski definition) is 3. The van der Waals surface area contributed by atoms with Crippen LogP contribution in [0.5, 0.6) is 23.0 Å². The maximum absolute atomic E-state index is 13.2. The van der Waals surface area contributed by atoms with Gasteiger partial charge in [0.2, 0.25) is 15.9 Å². The van der Waals surface area contributed by atoms with Crippen LogP contribution in [0.15, 0.2) is 36.4 Å². The van der Waals surface area contributed by atoms with E-state index < -0.39 is 40.5 Å². The summed E-state index contributed by atoms with van der Waals surface area (Å²) in [5, 5.41) is 5.66. The van der Waals surface area contributed by atoms with E-state index in [1.807, 2.05) is 0 Å². The lowest BCUT2D eigenvalue weighted by Gasteiger charge is -2.22. The fraction of sp³-hybridized carbons (Fsp3) is 0.400. The van der Waals surface area contributed by atoms with E-state index in [9.17, 15) is 22.8 Å². The molecule has 0 radical (unpaired) electrons. The largest absolute Gasteiger partial charge is 0.493 e. The van der Waals surface area contributed by atoms with E-state index in [0.717, 1.165) is 11.8 Å². The summed E-state index contributed by atoms with van der Waals surface area (Å²) >= 11 is 0. The number of nitrogens with one attached hydrogen (secondary N) is 3. The van der Waals surface area contributed by atoms with Crippen LogP contribution in [0.25, 0.3) is 0 Å². The third kappa shape index (κ3) is 7.09. The summed E-state index contributed by atoms with van der Waals surface area (Å²) in [7, 11) is -0.654. The van der Waals surface area contributed by atoms with Crippen LogP contribution in [-0.4, -0.2) is 89.9 Å². The predicted molar refractivity (Wildman–Crippen MR) is 138 cm³/mol. The van der Waals surface area contributed by atoms with Crippen LogP contribution in [0.4, 0.5) is 0 Å². The Morgan fingerprint density at radius 1 is 1.08 bits per heavy atom. The molecule has 0 aromatic heterocycles. The topological polar surface area (TPSA) is 162 Å². The van der Waals surface area contributed by atoms with Crippen molar-refractivity contribution in [2.24, 2.45) is 0 Å². The fourth-order valence-corrected chi connectivity index (χ4v) is 4.59. The number of hydrogen-bond acceptors (Lipinski definition) is 9. The van der Waals surface area contributed by atoms with E-state index >= 15 is 0 Å². The molecule has 3 aliphatic heterocycles. The van der Waals surface area contributed by atoms with Gasteiger partial charge in [0, 0.05) is 18.7 Å². The molecule has 1 saturated heterocycles. The Balaban J connectivity index is 1.66. The molecular formula is C25H30N4O9S. The minimum absolute atomic E-state index is 0.0824. The molecule has 3 amide bonds. The molecule has 0 spiro atoms. The van der Waals surface area contributed by atoms with Crippen LogP contribution >= 0.6 is 0 Å². The van der Waals surface area contributed by atoms with Crippen molar-refractivity contribution < 1.29 is 41.7 Å². The molecular weight excluding hydrogens is 532 g/mol. The van der Waals surface area contributed by atoms with Gasteiger partial charge in [-0.15, -0.1) is 0 Å². The molecule has 14 heteroatoms. The fourth-order valence-electron chi connectivity index (χ4n) is 4.20. The lowest BCUT2D eigenvalue weighted by atomic mass is 10.1. The Labute approximate surface area is 225 Å². The van der Waals surface area contributed by atoms with Crippen molar-refractivity contribution in [3.63, 3.8) is 0 Å². The van der Waals surface area contributed by atoms with Crippen molar-refractivity contribution in [1.29, 1.82) is 0 Å².